The number of nitrogens with one attached hydrogen (secondary N) is 1. The van der Waals surface area contributed by atoms with E-state index in [-0.39, 0.29) is 17.6 Å². The molecule has 0 atom stereocenters. The third-order valence-electron chi connectivity index (χ3n) is 6.67. The van der Waals surface area contributed by atoms with Crippen molar-refractivity contribution in [2.24, 2.45) is 5.92 Å². The van der Waals surface area contributed by atoms with Crippen molar-refractivity contribution in [1.82, 2.24) is 14.5 Å². The molecule has 6 nitrogen and oxygen atoms in total. The maximum Gasteiger partial charge on any atom is 0.223 e. The zero-order chi connectivity index (χ0) is 24.1. The van der Waals surface area contributed by atoms with Crippen LogP contribution in [0.4, 0.5) is 0 Å². The fourth-order valence-electron chi connectivity index (χ4n) is 4.71. The number of likely N-dealkylation sites (tertiary alicyclic amines) is 1. The van der Waals surface area contributed by atoms with Gasteiger partial charge in [-0.05, 0) is 62.0 Å². The second kappa shape index (κ2) is 11.4. The Morgan fingerprint density at radius 1 is 0.941 bits per heavy atom. The molecule has 2 saturated heterocycles. The molecule has 2 fully saturated rings. The van der Waals surface area contributed by atoms with E-state index in [0.717, 1.165) is 25.2 Å². The molecule has 0 spiro atoms. The van der Waals surface area contributed by atoms with Gasteiger partial charge in [0.25, 0.3) is 0 Å². The van der Waals surface area contributed by atoms with Crippen LogP contribution in [-0.4, -0.2) is 49.7 Å². The van der Waals surface area contributed by atoms with E-state index in [1.54, 1.807) is 18.2 Å². The summed E-state index contributed by atoms with van der Waals surface area (Å²) in [7, 11) is -3.57. The summed E-state index contributed by atoms with van der Waals surface area (Å²) in [6.45, 7) is 4.37. The fourth-order valence-corrected chi connectivity index (χ4v) is 7.03. The third-order valence-corrected chi connectivity index (χ3v) is 9.18. The number of rotatable bonds is 8. The lowest BCUT2D eigenvalue weighted by Crippen LogP contribution is -2.43. The molecule has 0 aliphatic carbocycles. The number of carbonyl (C=O) groups is 1. The van der Waals surface area contributed by atoms with Gasteiger partial charge in [0, 0.05) is 47.7 Å². The highest BCUT2D eigenvalue weighted by Crippen LogP contribution is 2.29. The Hall–Kier alpha value is -1.64. The summed E-state index contributed by atoms with van der Waals surface area (Å²) >= 11 is 12.3. The first-order valence-corrected chi connectivity index (χ1v) is 14.2. The molecule has 2 aliphatic rings. The van der Waals surface area contributed by atoms with Crippen LogP contribution >= 0.6 is 23.2 Å². The molecule has 0 unspecified atom stereocenters. The van der Waals surface area contributed by atoms with Crippen LogP contribution in [0.3, 0.4) is 0 Å². The van der Waals surface area contributed by atoms with Gasteiger partial charge in [-0.1, -0.05) is 53.5 Å². The quantitative estimate of drug-likeness (QED) is 0.554. The molecule has 4 rings (SSSR count). The van der Waals surface area contributed by atoms with E-state index in [9.17, 15) is 13.2 Å². The van der Waals surface area contributed by atoms with Crippen LogP contribution in [-0.2, 0) is 33.7 Å². The van der Waals surface area contributed by atoms with E-state index in [4.69, 9.17) is 23.2 Å². The van der Waals surface area contributed by atoms with E-state index >= 15 is 0 Å². The molecule has 1 amide bonds. The Bertz CT molecular complexity index is 1090. The second-order valence-electron chi connectivity index (χ2n) is 9.15. The molecule has 0 saturated carbocycles. The molecule has 0 bridgehead atoms. The van der Waals surface area contributed by atoms with Crippen molar-refractivity contribution in [3.05, 3.63) is 69.2 Å². The first-order chi connectivity index (χ1) is 16.3. The van der Waals surface area contributed by atoms with Gasteiger partial charge in [0.2, 0.25) is 15.9 Å². The van der Waals surface area contributed by atoms with Gasteiger partial charge in [-0.2, -0.15) is 0 Å². The summed E-state index contributed by atoms with van der Waals surface area (Å²) in [6, 6.07) is 13.3. The SMILES string of the molecule is O=C(NCc1cccc(CN2CCCC2)c1)C1CCN(S(=O)(=O)Cc2c(Cl)cccc2Cl)CC1. The minimum Gasteiger partial charge on any atom is -0.352 e. The maximum absolute atomic E-state index is 12.9. The van der Waals surface area contributed by atoms with Gasteiger partial charge in [-0.3, -0.25) is 9.69 Å². The first-order valence-electron chi connectivity index (χ1n) is 11.8. The monoisotopic (exact) mass is 523 g/mol. The first kappa shape index (κ1) is 25.5. The number of nitrogens with zero attached hydrogens (tertiary/aromatic N) is 2. The van der Waals surface area contributed by atoms with E-state index < -0.39 is 10.0 Å². The van der Waals surface area contributed by atoms with Crippen molar-refractivity contribution in [1.29, 1.82) is 0 Å². The molecular weight excluding hydrogens is 493 g/mol. The van der Waals surface area contributed by atoms with Crippen molar-refractivity contribution in [2.45, 2.75) is 44.5 Å². The van der Waals surface area contributed by atoms with Crippen LogP contribution in [0.2, 0.25) is 10.0 Å². The second-order valence-corrected chi connectivity index (χ2v) is 11.9. The highest BCUT2D eigenvalue weighted by atomic mass is 35.5. The number of hydrogen-bond donors (Lipinski definition) is 1. The average Bonchev–Trinajstić information content (AvgIpc) is 3.33. The summed E-state index contributed by atoms with van der Waals surface area (Å²) in [5.41, 5.74) is 2.77. The van der Waals surface area contributed by atoms with Crippen molar-refractivity contribution in [3.63, 3.8) is 0 Å². The summed E-state index contributed by atoms with van der Waals surface area (Å²) in [4.78, 5) is 15.2. The maximum atomic E-state index is 12.9. The Balaban J connectivity index is 1.26. The lowest BCUT2D eigenvalue weighted by molar-refractivity contribution is -0.126. The molecule has 9 heteroatoms. The lowest BCUT2D eigenvalue weighted by Gasteiger charge is -2.30. The standard InChI is InChI=1S/C25H31Cl2N3O3S/c26-23-7-4-8-24(27)22(23)18-34(32,33)30-13-9-21(10-14-30)25(31)28-16-19-5-3-6-20(15-19)17-29-11-1-2-12-29/h3-8,15,21H,1-2,9-14,16-18H2,(H,28,31). The van der Waals surface area contributed by atoms with Crippen LogP contribution in [0.1, 0.15) is 42.4 Å². The zero-order valence-electron chi connectivity index (χ0n) is 19.2. The van der Waals surface area contributed by atoms with Gasteiger partial charge in [-0.15, -0.1) is 0 Å². The van der Waals surface area contributed by atoms with Crippen LogP contribution in [0.25, 0.3) is 0 Å². The number of halogens is 2. The van der Waals surface area contributed by atoms with Crippen LogP contribution in [0.15, 0.2) is 42.5 Å². The summed E-state index contributed by atoms with van der Waals surface area (Å²) in [5, 5.41) is 3.73. The molecule has 1 N–H and O–H groups in total. The van der Waals surface area contributed by atoms with Gasteiger partial charge in [-0.25, -0.2) is 12.7 Å². The van der Waals surface area contributed by atoms with E-state index in [2.05, 4.69) is 22.3 Å². The summed E-state index contributed by atoms with van der Waals surface area (Å²) in [5.74, 6) is -0.449. The van der Waals surface area contributed by atoms with Crippen molar-refractivity contribution < 1.29 is 13.2 Å². The Morgan fingerprint density at radius 3 is 2.24 bits per heavy atom. The Morgan fingerprint density at radius 2 is 1.56 bits per heavy atom. The smallest absolute Gasteiger partial charge is 0.223 e. The van der Waals surface area contributed by atoms with Gasteiger partial charge in [0.1, 0.15) is 0 Å². The Kier molecular flexibility index (Phi) is 8.53. The highest BCUT2D eigenvalue weighted by Gasteiger charge is 2.32. The predicted octanol–water partition coefficient (Wildman–Crippen LogP) is 4.45. The van der Waals surface area contributed by atoms with Crippen LogP contribution in [0, 0.1) is 5.92 Å². The molecule has 2 aromatic rings. The van der Waals surface area contributed by atoms with E-state index in [0.29, 0.717) is 48.1 Å². The van der Waals surface area contributed by atoms with Gasteiger partial charge in [0.15, 0.2) is 0 Å². The van der Waals surface area contributed by atoms with Crippen molar-refractivity contribution >= 4 is 39.1 Å². The molecule has 2 aliphatic heterocycles. The van der Waals surface area contributed by atoms with E-state index in [1.165, 1.54) is 22.7 Å². The normalized spacial score (nSPS) is 18.3. The van der Waals surface area contributed by atoms with Crippen LogP contribution < -0.4 is 5.32 Å². The Labute approximate surface area is 212 Å². The highest BCUT2D eigenvalue weighted by molar-refractivity contribution is 7.88. The largest absolute Gasteiger partial charge is 0.352 e. The zero-order valence-corrected chi connectivity index (χ0v) is 21.5. The molecule has 2 aromatic carbocycles. The molecule has 2 heterocycles. The van der Waals surface area contributed by atoms with Gasteiger partial charge >= 0.3 is 0 Å². The van der Waals surface area contributed by atoms with Gasteiger partial charge in [0.05, 0.1) is 5.75 Å². The average molecular weight is 525 g/mol. The van der Waals surface area contributed by atoms with Gasteiger partial charge < -0.3 is 5.32 Å². The summed E-state index contributed by atoms with van der Waals surface area (Å²) < 4.78 is 27.3. The third kappa shape index (κ3) is 6.52. The van der Waals surface area contributed by atoms with E-state index in [1.807, 2.05) is 12.1 Å². The molecule has 184 valence electrons. The molecule has 34 heavy (non-hydrogen) atoms. The minimum absolute atomic E-state index is 0.0175. The van der Waals surface area contributed by atoms with Crippen molar-refractivity contribution in [3.8, 4) is 0 Å². The fraction of sp³-hybridized carbons (Fsp3) is 0.480. The number of amides is 1. The molecular formula is C25H31Cl2N3O3S. The topological polar surface area (TPSA) is 69.7 Å². The number of carbonyl (C=O) groups excluding carboxylic acids is 1. The number of sulfonamides is 1. The number of benzene rings is 2. The lowest BCUT2D eigenvalue weighted by atomic mass is 9.97. The van der Waals surface area contributed by atoms with Crippen molar-refractivity contribution in [2.75, 3.05) is 26.2 Å². The predicted molar refractivity (Wildman–Crippen MR) is 136 cm³/mol. The number of hydrogen-bond acceptors (Lipinski definition) is 4. The number of piperidine rings is 1. The molecule has 0 aromatic heterocycles. The van der Waals surface area contributed by atoms with Crippen LogP contribution in [0.5, 0.6) is 0 Å². The molecule has 0 radical (unpaired) electrons. The summed E-state index contributed by atoms with van der Waals surface area (Å²) in [6.07, 6.45) is 3.53. The minimum atomic E-state index is -3.57.